The molecule has 5 unspecified atom stereocenters. The Kier molecular flexibility index (Phi) is 77.3. The maximum Gasteiger partial charge on any atom is 0.472 e. The lowest BCUT2D eigenvalue weighted by atomic mass is 10.1. The molecule has 17 nitrogen and oxygen atoms in total. The summed E-state index contributed by atoms with van der Waals surface area (Å²) >= 11 is 0. The van der Waals surface area contributed by atoms with Crippen LogP contribution in [0.3, 0.4) is 0 Å². The number of aliphatic hydroxyl groups is 1. The van der Waals surface area contributed by atoms with Crippen molar-refractivity contribution in [1.29, 1.82) is 0 Å². The molecule has 0 heterocycles. The average molecular weight is 1580 g/mol. The Morgan fingerprint density at radius 2 is 0.445 bits per heavy atom. The third-order valence-corrected chi connectivity index (χ3v) is 19.1. The predicted molar refractivity (Wildman–Crippen MR) is 454 cm³/mol. The normalized spacial score (nSPS) is 14.6. The number of hydrogen-bond acceptors (Lipinski definition) is 15. The van der Waals surface area contributed by atoms with Crippen LogP contribution in [0.15, 0.2) is 170 Å². The third kappa shape index (κ3) is 80.5. The number of carbonyl (C=O) groups is 4. The number of aliphatic hydroxyl groups excluding tert-OH is 1. The van der Waals surface area contributed by atoms with Gasteiger partial charge >= 0.3 is 39.5 Å². The lowest BCUT2D eigenvalue weighted by molar-refractivity contribution is -0.161. The summed E-state index contributed by atoms with van der Waals surface area (Å²) in [5.41, 5.74) is 0. The largest absolute Gasteiger partial charge is 0.472 e. The predicted octanol–water partition coefficient (Wildman–Crippen LogP) is 25.3. The number of esters is 4. The second-order valence-corrected chi connectivity index (χ2v) is 30.5. The quantitative estimate of drug-likeness (QED) is 0.0169. The van der Waals surface area contributed by atoms with Crippen molar-refractivity contribution < 1.29 is 80.2 Å². The van der Waals surface area contributed by atoms with Crippen molar-refractivity contribution in [2.75, 3.05) is 39.6 Å². The molecule has 626 valence electrons. The summed E-state index contributed by atoms with van der Waals surface area (Å²) in [4.78, 5) is 73.3. The standard InChI is InChI=1S/C91H150O17P2/c1-5-9-13-17-21-25-29-33-37-40-42-45-49-52-56-60-64-68-72-76-89(94)102-82-87(108-91(96)78-74-70-66-62-58-54-50-46-43-41-38-34-30-26-22-18-14-10-6-2)84-106-110(99,100)104-80-85(92)79-103-109(97,98)105-83-86(107-90(95)77-73-69-65-61-57-53-47-36-32-28-24-20-16-12-8-4)81-101-88(93)75-71-67-63-59-55-51-48-44-39-35-31-27-23-19-15-11-7-3/h9-16,21-28,33-39,42-43,45-47,85-87,92H,5-8,17-20,29-32,40-41,44,48-84H2,1-4H3,(H,97,98)(H,99,100)/b13-9-,14-10-,15-11-,16-12-,25-21-,26-22-,27-23-,28-24-,37-33-,38-34-,39-35-,45-42-,46-43-,47-36-. The van der Waals surface area contributed by atoms with Gasteiger partial charge in [0.15, 0.2) is 12.2 Å². The number of unbranched alkanes of at least 4 members (excludes halogenated alkanes) is 24. The molecular weight excluding hydrogens is 1430 g/mol. The summed E-state index contributed by atoms with van der Waals surface area (Å²) in [6.07, 6.45) is 97.4. The highest BCUT2D eigenvalue weighted by atomic mass is 31.2. The number of allylic oxidation sites excluding steroid dienone is 28. The van der Waals surface area contributed by atoms with Crippen LogP contribution in [0.4, 0.5) is 0 Å². The Labute approximate surface area is 667 Å². The van der Waals surface area contributed by atoms with Crippen molar-refractivity contribution in [3.8, 4) is 0 Å². The van der Waals surface area contributed by atoms with E-state index in [0.29, 0.717) is 25.7 Å². The van der Waals surface area contributed by atoms with Crippen LogP contribution in [0.1, 0.15) is 323 Å². The second kappa shape index (κ2) is 81.4. The van der Waals surface area contributed by atoms with Crippen LogP contribution in [0.25, 0.3) is 0 Å². The van der Waals surface area contributed by atoms with Crippen molar-refractivity contribution >= 4 is 39.5 Å². The van der Waals surface area contributed by atoms with E-state index in [2.05, 4.69) is 198 Å². The molecule has 0 aliphatic heterocycles. The lowest BCUT2D eigenvalue weighted by Gasteiger charge is -2.21. The zero-order valence-electron chi connectivity index (χ0n) is 68.6. The topological polar surface area (TPSA) is 237 Å². The Morgan fingerprint density at radius 3 is 0.682 bits per heavy atom. The van der Waals surface area contributed by atoms with Gasteiger partial charge in [-0.15, -0.1) is 0 Å². The van der Waals surface area contributed by atoms with Gasteiger partial charge < -0.3 is 33.8 Å². The Morgan fingerprint density at radius 1 is 0.255 bits per heavy atom. The molecule has 0 bridgehead atoms. The molecule has 0 aromatic rings. The summed E-state index contributed by atoms with van der Waals surface area (Å²) in [5, 5.41) is 10.7. The molecule has 5 atom stereocenters. The summed E-state index contributed by atoms with van der Waals surface area (Å²) < 4.78 is 68.8. The fourth-order valence-corrected chi connectivity index (χ4v) is 12.5. The highest BCUT2D eigenvalue weighted by Crippen LogP contribution is 2.45. The van der Waals surface area contributed by atoms with Crippen LogP contribution in [0, 0.1) is 0 Å². The number of ether oxygens (including phenoxy) is 4. The molecule has 0 aromatic heterocycles. The first kappa shape index (κ1) is 104. The van der Waals surface area contributed by atoms with Crippen molar-refractivity contribution in [3.05, 3.63) is 170 Å². The molecule has 0 saturated heterocycles. The van der Waals surface area contributed by atoms with Gasteiger partial charge in [-0.25, -0.2) is 9.13 Å². The minimum absolute atomic E-state index is 0.0679. The van der Waals surface area contributed by atoms with E-state index in [9.17, 15) is 43.2 Å². The van der Waals surface area contributed by atoms with Gasteiger partial charge in [-0.05, 0) is 167 Å². The SMILES string of the molecule is CC/C=C\C/C=C\C/C=C\C/C=C\CCCCCCCCC(=O)OCC(COP(=O)(O)OCC(O)COP(=O)(O)OCC(COC(=O)CCCCCCCCC/C=C\C/C=C\C/C=C\CC)OC(=O)CCCCCCC/C=C\C/C=C\C/C=C\CC)OC(=O)CCCCCCCC/C=C\C/C=C\C/C=C\C/C=C\CC. The van der Waals surface area contributed by atoms with E-state index in [4.69, 9.17) is 37.0 Å². The minimum atomic E-state index is -5.00. The fourth-order valence-electron chi connectivity index (χ4n) is 10.9. The molecule has 19 heteroatoms. The van der Waals surface area contributed by atoms with E-state index in [-0.39, 0.29) is 25.7 Å². The molecule has 0 radical (unpaired) electrons. The van der Waals surface area contributed by atoms with Gasteiger partial charge in [0.2, 0.25) is 0 Å². The highest BCUT2D eigenvalue weighted by Gasteiger charge is 2.30. The first-order valence-corrected chi connectivity index (χ1v) is 45.4. The van der Waals surface area contributed by atoms with Crippen molar-refractivity contribution in [3.63, 3.8) is 0 Å². The molecule has 0 aliphatic rings. The van der Waals surface area contributed by atoms with Crippen LogP contribution >= 0.6 is 15.6 Å². The molecule has 0 spiro atoms. The molecule has 0 rings (SSSR count). The van der Waals surface area contributed by atoms with Gasteiger partial charge in [0, 0.05) is 25.7 Å². The van der Waals surface area contributed by atoms with Crippen LogP contribution in [0.2, 0.25) is 0 Å². The first-order chi connectivity index (χ1) is 53.7. The molecular formula is C91H150O17P2. The first-order valence-electron chi connectivity index (χ1n) is 42.4. The summed E-state index contributed by atoms with van der Waals surface area (Å²) in [6.45, 7) is 4.38. The number of phosphoric acid groups is 2. The van der Waals surface area contributed by atoms with Crippen LogP contribution in [-0.2, 0) is 65.4 Å². The Bertz CT molecular complexity index is 2750. The molecule has 0 aromatic carbocycles. The van der Waals surface area contributed by atoms with Gasteiger partial charge in [0.1, 0.15) is 19.3 Å². The van der Waals surface area contributed by atoms with Gasteiger partial charge in [0.25, 0.3) is 0 Å². The molecule has 0 amide bonds. The van der Waals surface area contributed by atoms with Crippen molar-refractivity contribution in [2.45, 2.75) is 341 Å². The maximum atomic E-state index is 13.2. The van der Waals surface area contributed by atoms with Crippen molar-refractivity contribution in [2.24, 2.45) is 0 Å². The van der Waals surface area contributed by atoms with Crippen LogP contribution in [0.5, 0.6) is 0 Å². The van der Waals surface area contributed by atoms with Crippen LogP contribution < -0.4 is 0 Å². The number of phosphoric ester groups is 2. The molecule has 110 heavy (non-hydrogen) atoms. The number of rotatable bonds is 78. The van der Waals surface area contributed by atoms with Crippen molar-refractivity contribution in [1.82, 2.24) is 0 Å². The maximum absolute atomic E-state index is 13.2. The molecule has 3 N–H and O–H groups in total. The molecule has 0 fully saturated rings. The van der Waals surface area contributed by atoms with Gasteiger partial charge in [-0.3, -0.25) is 37.3 Å². The zero-order valence-corrected chi connectivity index (χ0v) is 70.4. The highest BCUT2D eigenvalue weighted by molar-refractivity contribution is 7.47. The van der Waals surface area contributed by atoms with E-state index in [1.165, 1.54) is 0 Å². The number of hydrogen-bond donors (Lipinski definition) is 3. The Hall–Kier alpha value is -5.58. The van der Waals surface area contributed by atoms with E-state index in [1.807, 2.05) is 0 Å². The zero-order chi connectivity index (χ0) is 80.3. The molecule has 0 aliphatic carbocycles. The molecule has 0 saturated carbocycles. The van der Waals surface area contributed by atoms with E-state index >= 15 is 0 Å². The second-order valence-electron chi connectivity index (χ2n) is 27.6. The lowest BCUT2D eigenvalue weighted by Crippen LogP contribution is -2.30. The third-order valence-electron chi connectivity index (χ3n) is 17.2. The summed E-state index contributed by atoms with van der Waals surface area (Å²) in [6, 6.07) is 0. The summed E-state index contributed by atoms with van der Waals surface area (Å²) in [5.74, 6) is -2.24. The van der Waals surface area contributed by atoms with Gasteiger partial charge in [-0.1, -0.05) is 301 Å². The van der Waals surface area contributed by atoms with Crippen LogP contribution in [-0.4, -0.2) is 96.7 Å². The fraction of sp³-hybridized carbons (Fsp3) is 0.648. The van der Waals surface area contributed by atoms with Gasteiger partial charge in [-0.2, -0.15) is 0 Å². The monoisotopic (exact) mass is 1580 g/mol. The van der Waals surface area contributed by atoms with Gasteiger partial charge in [0.05, 0.1) is 26.4 Å². The number of carbonyl (C=O) groups excluding carboxylic acids is 4. The minimum Gasteiger partial charge on any atom is -0.462 e. The average Bonchev–Trinajstić information content (AvgIpc) is 0.900. The van der Waals surface area contributed by atoms with E-state index in [0.717, 1.165) is 244 Å². The smallest absolute Gasteiger partial charge is 0.462 e. The summed E-state index contributed by atoms with van der Waals surface area (Å²) in [7, 11) is -10.00. The van der Waals surface area contributed by atoms with E-state index < -0.39 is 97.5 Å². The van der Waals surface area contributed by atoms with E-state index in [1.54, 1.807) is 0 Å². The Balaban J connectivity index is 5.43.